The number of hydrogen-bond donors (Lipinski definition) is 0. The fourth-order valence-electron chi connectivity index (χ4n) is 3.44. The molecular weight excluding hydrogens is 270 g/mol. The van der Waals surface area contributed by atoms with Crippen molar-refractivity contribution in [3.8, 4) is 0 Å². The Morgan fingerprint density at radius 3 is 3.05 bits per heavy atom. The van der Waals surface area contributed by atoms with Crippen molar-refractivity contribution in [2.24, 2.45) is 0 Å². The van der Waals surface area contributed by atoms with Gasteiger partial charge in [-0.2, -0.15) is 0 Å². The number of hydrogen-bond acceptors (Lipinski definition) is 5. The monoisotopic (exact) mass is 293 g/mol. The number of carbonyl (C=O) groups is 1. The van der Waals surface area contributed by atoms with Crippen molar-refractivity contribution in [1.82, 2.24) is 9.88 Å². The van der Waals surface area contributed by atoms with Crippen LogP contribution in [0.2, 0.25) is 0 Å². The lowest BCUT2D eigenvalue weighted by atomic mass is 10.1. The maximum atomic E-state index is 11.2. The minimum Gasteiger partial charge on any atom is -0.343 e. The molecule has 110 valence electrons. The molecule has 20 heavy (non-hydrogen) atoms. The van der Waals surface area contributed by atoms with E-state index in [1.165, 1.54) is 19.4 Å². The van der Waals surface area contributed by atoms with E-state index in [0.29, 0.717) is 12.1 Å². The standard InChI is InChI=1S/C15H23N3OS/c1-3-5-13-14(10-19)20-15(16-13)18-9-12-6-4-7-17(12)8-11(18)2/h10-12H,3-9H2,1-2H3. The number of piperazine rings is 1. The van der Waals surface area contributed by atoms with Crippen molar-refractivity contribution in [3.63, 3.8) is 0 Å². The lowest BCUT2D eigenvalue weighted by Crippen LogP contribution is -2.55. The molecule has 1 aromatic heterocycles. The van der Waals surface area contributed by atoms with E-state index in [1.807, 2.05) is 0 Å². The molecule has 0 aromatic carbocycles. The van der Waals surface area contributed by atoms with Gasteiger partial charge < -0.3 is 4.90 Å². The highest BCUT2D eigenvalue weighted by atomic mass is 32.1. The van der Waals surface area contributed by atoms with Gasteiger partial charge in [0.25, 0.3) is 0 Å². The summed E-state index contributed by atoms with van der Waals surface area (Å²) in [4.78, 5) is 21.8. The molecule has 2 saturated heterocycles. The van der Waals surface area contributed by atoms with E-state index in [4.69, 9.17) is 4.98 Å². The van der Waals surface area contributed by atoms with Crippen LogP contribution in [-0.4, -0.2) is 47.9 Å². The van der Waals surface area contributed by atoms with E-state index in [2.05, 4.69) is 23.6 Å². The van der Waals surface area contributed by atoms with Gasteiger partial charge in [-0.25, -0.2) is 4.98 Å². The number of fused-ring (bicyclic) bond motifs is 1. The molecule has 2 fully saturated rings. The van der Waals surface area contributed by atoms with Crippen LogP contribution >= 0.6 is 11.3 Å². The van der Waals surface area contributed by atoms with E-state index in [9.17, 15) is 4.79 Å². The highest BCUT2D eigenvalue weighted by molar-refractivity contribution is 7.17. The van der Waals surface area contributed by atoms with E-state index in [-0.39, 0.29) is 0 Å². The van der Waals surface area contributed by atoms with Crippen LogP contribution in [0.15, 0.2) is 0 Å². The number of carbonyl (C=O) groups excluding carboxylic acids is 1. The summed E-state index contributed by atoms with van der Waals surface area (Å²) in [6, 6.07) is 1.17. The first-order chi connectivity index (χ1) is 9.72. The molecule has 0 saturated carbocycles. The molecule has 5 heteroatoms. The maximum absolute atomic E-state index is 11.2. The van der Waals surface area contributed by atoms with Crippen molar-refractivity contribution in [1.29, 1.82) is 0 Å². The Bertz CT molecular complexity index is 487. The number of rotatable bonds is 4. The Hall–Kier alpha value is -0.940. The predicted octanol–water partition coefficient (Wildman–Crippen LogP) is 2.58. The molecule has 4 nitrogen and oxygen atoms in total. The second-order valence-corrected chi connectivity index (χ2v) is 6.98. The van der Waals surface area contributed by atoms with Gasteiger partial charge in [0.1, 0.15) is 0 Å². The molecule has 1 aromatic rings. The van der Waals surface area contributed by atoms with Crippen LogP contribution in [0.1, 0.15) is 48.5 Å². The fourth-order valence-corrected chi connectivity index (χ4v) is 4.47. The molecule has 3 rings (SSSR count). The summed E-state index contributed by atoms with van der Waals surface area (Å²) < 4.78 is 0. The molecule has 2 atom stereocenters. The number of nitrogens with zero attached hydrogens (tertiary/aromatic N) is 3. The van der Waals surface area contributed by atoms with Gasteiger partial charge in [-0.1, -0.05) is 24.7 Å². The van der Waals surface area contributed by atoms with Crippen LogP contribution in [0.25, 0.3) is 0 Å². The summed E-state index contributed by atoms with van der Waals surface area (Å²) in [5.41, 5.74) is 0.989. The van der Waals surface area contributed by atoms with Gasteiger partial charge in [-0.3, -0.25) is 9.69 Å². The zero-order chi connectivity index (χ0) is 14.1. The molecule has 0 spiro atoms. The van der Waals surface area contributed by atoms with E-state index in [1.54, 1.807) is 11.3 Å². The Kier molecular flexibility index (Phi) is 4.08. The number of aldehydes is 1. The van der Waals surface area contributed by atoms with Gasteiger partial charge in [0.15, 0.2) is 11.4 Å². The summed E-state index contributed by atoms with van der Waals surface area (Å²) in [7, 11) is 0. The van der Waals surface area contributed by atoms with Crippen LogP contribution in [-0.2, 0) is 6.42 Å². The number of aryl methyl sites for hydroxylation is 1. The molecule has 2 aliphatic rings. The zero-order valence-electron chi connectivity index (χ0n) is 12.3. The minimum atomic E-state index is 0.490. The van der Waals surface area contributed by atoms with Crippen LogP contribution in [0.3, 0.4) is 0 Å². The normalized spacial score (nSPS) is 26.8. The van der Waals surface area contributed by atoms with Crippen molar-refractivity contribution < 1.29 is 4.79 Å². The van der Waals surface area contributed by atoms with Crippen LogP contribution in [0.5, 0.6) is 0 Å². The Balaban J connectivity index is 1.82. The molecule has 0 aliphatic carbocycles. The first-order valence-electron chi connectivity index (χ1n) is 7.68. The van der Waals surface area contributed by atoms with Crippen LogP contribution in [0.4, 0.5) is 5.13 Å². The Labute approximate surface area is 124 Å². The first-order valence-corrected chi connectivity index (χ1v) is 8.50. The number of thiazole rings is 1. The molecule has 0 radical (unpaired) electrons. The zero-order valence-corrected chi connectivity index (χ0v) is 13.2. The lowest BCUT2D eigenvalue weighted by molar-refractivity contribution is 0.112. The Morgan fingerprint density at radius 2 is 2.30 bits per heavy atom. The molecule has 0 amide bonds. The highest BCUT2D eigenvalue weighted by Gasteiger charge is 2.35. The lowest BCUT2D eigenvalue weighted by Gasteiger charge is -2.42. The Morgan fingerprint density at radius 1 is 1.45 bits per heavy atom. The van der Waals surface area contributed by atoms with Gasteiger partial charge in [-0.05, 0) is 32.7 Å². The van der Waals surface area contributed by atoms with E-state index >= 15 is 0 Å². The van der Waals surface area contributed by atoms with E-state index < -0.39 is 0 Å². The van der Waals surface area contributed by atoms with Gasteiger partial charge in [0.05, 0.1) is 10.6 Å². The van der Waals surface area contributed by atoms with Gasteiger partial charge in [0.2, 0.25) is 0 Å². The quantitative estimate of drug-likeness (QED) is 0.800. The largest absolute Gasteiger partial charge is 0.343 e. The van der Waals surface area contributed by atoms with Gasteiger partial charge >= 0.3 is 0 Å². The highest BCUT2D eigenvalue weighted by Crippen LogP contribution is 2.32. The van der Waals surface area contributed by atoms with Gasteiger partial charge in [0, 0.05) is 25.2 Å². The summed E-state index contributed by atoms with van der Waals surface area (Å²) in [5.74, 6) is 0. The molecule has 0 bridgehead atoms. The third-order valence-electron chi connectivity index (χ3n) is 4.49. The second-order valence-electron chi connectivity index (χ2n) is 5.97. The van der Waals surface area contributed by atoms with Crippen molar-refractivity contribution in [3.05, 3.63) is 10.6 Å². The SMILES string of the molecule is CCCc1nc(N2CC3CCCN3CC2C)sc1C=O. The smallest absolute Gasteiger partial charge is 0.186 e. The maximum Gasteiger partial charge on any atom is 0.186 e. The number of aromatic nitrogens is 1. The van der Waals surface area contributed by atoms with Crippen molar-refractivity contribution in [2.45, 2.75) is 51.6 Å². The van der Waals surface area contributed by atoms with Crippen LogP contribution in [0, 0.1) is 0 Å². The average Bonchev–Trinajstić information content (AvgIpc) is 3.04. The summed E-state index contributed by atoms with van der Waals surface area (Å²) in [6.45, 7) is 7.85. The predicted molar refractivity (Wildman–Crippen MR) is 82.9 cm³/mol. The second kappa shape index (κ2) is 5.82. The topological polar surface area (TPSA) is 36.4 Å². The fraction of sp³-hybridized carbons (Fsp3) is 0.733. The van der Waals surface area contributed by atoms with Crippen molar-refractivity contribution in [2.75, 3.05) is 24.5 Å². The first kappa shape index (κ1) is 14.0. The van der Waals surface area contributed by atoms with Crippen molar-refractivity contribution >= 4 is 22.8 Å². The summed E-state index contributed by atoms with van der Waals surface area (Å²) in [6.07, 6.45) is 5.54. The molecule has 3 heterocycles. The van der Waals surface area contributed by atoms with Crippen LogP contribution < -0.4 is 4.90 Å². The number of anilines is 1. The summed E-state index contributed by atoms with van der Waals surface area (Å²) in [5, 5.41) is 1.05. The average molecular weight is 293 g/mol. The molecule has 2 unspecified atom stereocenters. The molecular formula is C15H23N3OS. The minimum absolute atomic E-state index is 0.490. The summed E-state index contributed by atoms with van der Waals surface area (Å²) >= 11 is 1.57. The molecule has 2 aliphatic heterocycles. The molecule has 0 N–H and O–H groups in total. The van der Waals surface area contributed by atoms with E-state index in [0.717, 1.165) is 47.9 Å². The van der Waals surface area contributed by atoms with Gasteiger partial charge in [-0.15, -0.1) is 0 Å². The third-order valence-corrected chi connectivity index (χ3v) is 5.55. The third kappa shape index (κ3) is 2.49.